The van der Waals surface area contributed by atoms with Gasteiger partial charge in [-0.2, -0.15) is 0 Å². The second-order valence-electron chi connectivity index (χ2n) is 26.9. The minimum atomic E-state index is -5.01. The first kappa shape index (κ1) is 104. The molecule has 0 aromatic heterocycles. The van der Waals surface area contributed by atoms with Crippen LogP contribution in [0.4, 0.5) is 0 Å². The molecule has 622 valence electrons. The van der Waals surface area contributed by atoms with Crippen molar-refractivity contribution in [3.8, 4) is 0 Å². The van der Waals surface area contributed by atoms with E-state index in [1.165, 1.54) is 19.3 Å². The van der Waals surface area contributed by atoms with Gasteiger partial charge in [0.05, 0.1) is 26.4 Å². The van der Waals surface area contributed by atoms with Crippen molar-refractivity contribution < 1.29 is 80.2 Å². The van der Waals surface area contributed by atoms with E-state index in [2.05, 4.69) is 210 Å². The van der Waals surface area contributed by atoms with Crippen LogP contribution in [0.3, 0.4) is 0 Å². The lowest BCUT2D eigenvalue weighted by Gasteiger charge is -2.21. The average molecular weight is 1570 g/mol. The normalized spacial score (nSPS) is 14.8. The molecular formula is C91H146O17P2. The lowest BCUT2D eigenvalue weighted by Crippen LogP contribution is -2.30. The van der Waals surface area contributed by atoms with Crippen molar-refractivity contribution >= 4 is 39.5 Å². The Kier molecular flexibility index (Phi) is 76.4. The van der Waals surface area contributed by atoms with Gasteiger partial charge >= 0.3 is 39.5 Å². The van der Waals surface area contributed by atoms with E-state index in [0.29, 0.717) is 32.1 Å². The standard InChI is InChI=1S/C91H146O17P2/c1-5-9-13-17-21-25-29-33-37-40-42-45-49-52-56-60-64-68-72-76-89(94)102-82-87(108-91(96)78-74-70-66-62-58-54-50-46-43-41-38-34-30-26-22-18-14-10-6-2)84-106-110(99,100)104-80-85(92)79-103-109(97,98)105-83-86(107-90(95)77-73-69-65-61-57-53-47-36-32-28-24-20-16-12-8-4)81-101-88(93)75-71-67-63-59-55-51-48-44-39-35-31-27-23-19-15-11-7-3/h9,11-13,15-16,21-28,33-39,42-43,45-48,51-52,56,59,63,85-87,92H,5-8,10,14,17-20,29-32,40-41,44,49-50,53-55,57-58,60-62,64-84H2,1-4H3,(H,97,98)(H,99,100)/b13-9-,15-11-,16-12-,25-21-,26-22-,27-23-,28-24-,37-33-,38-34-,39-35-,45-42-,46-43-,47-36-,51-48-,56-52-,63-59-. The molecule has 0 aliphatic carbocycles. The van der Waals surface area contributed by atoms with Crippen LogP contribution in [0.2, 0.25) is 0 Å². The number of carbonyl (C=O) groups excluding carboxylic acids is 4. The second-order valence-corrected chi connectivity index (χ2v) is 29.8. The van der Waals surface area contributed by atoms with Crippen molar-refractivity contribution in [3.05, 3.63) is 194 Å². The minimum Gasteiger partial charge on any atom is -0.462 e. The smallest absolute Gasteiger partial charge is 0.462 e. The zero-order valence-electron chi connectivity index (χ0n) is 68.1. The molecule has 0 radical (unpaired) electrons. The number of allylic oxidation sites excluding steroid dienone is 32. The number of aliphatic hydroxyl groups excluding tert-OH is 1. The Morgan fingerprint density at radius 2 is 0.482 bits per heavy atom. The van der Waals surface area contributed by atoms with E-state index in [4.69, 9.17) is 37.0 Å². The van der Waals surface area contributed by atoms with E-state index in [1.807, 2.05) is 12.2 Å². The van der Waals surface area contributed by atoms with E-state index in [-0.39, 0.29) is 25.7 Å². The third-order valence-corrected chi connectivity index (χ3v) is 18.4. The van der Waals surface area contributed by atoms with Crippen molar-refractivity contribution in [2.24, 2.45) is 0 Å². The molecule has 0 saturated carbocycles. The Morgan fingerprint density at radius 3 is 0.773 bits per heavy atom. The molecule has 17 nitrogen and oxygen atoms in total. The molecule has 19 heteroatoms. The Balaban J connectivity index is 5.51. The third-order valence-electron chi connectivity index (χ3n) is 16.5. The number of hydrogen-bond acceptors (Lipinski definition) is 15. The minimum absolute atomic E-state index is 0.0548. The molecule has 0 bridgehead atoms. The summed E-state index contributed by atoms with van der Waals surface area (Å²) in [5.41, 5.74) is 0. The predicted octanol–water partition coefficient (Wildman–Crippen LogP) is 24.9. The number of unbranched alkanes of at least 4 members (excludes halogenated alkanes) is 18. The van der Waals surface area contributed by atoms with Crippen LogP contribution < -0.4 is 0 Å². The van der Waals surface area contributed by atoms with Gasteiger partial charge in [-0.15, -0.1) is 0 Å². The largest absolute Gasteiger partial charge is 0.472 e. The first-order valence-electron chi connectivity index (χ1n) is 41.7. The molecule has 5 atom stereocenters. The Labute approximate surface area is 666 Å². The SMILES string of the molecule is CC/C=C\C/C=C\C/C=C\C/C=C\C/C=C\CCCCCC(=O)OCC(COP(=O)(O)OCC(O)COP(=O)(O)OCC(COC(=O)CCC/C=C\C/C=C\C/C=C\C/C=C\C/C=C\CC)OC(=O)CCCCCCC/C=C\C/C=C\C/C=C\CC)OC(=O)CCCCCCCC/C=C\C/C=C\C/C=C\CCCCC. The highest BCUT2D eigenvalue weighted by molar-refractivity contribution is 7.47. The van der Waals surface area contributed by atoms with Crippen LogP contribution >= 0.6 is 15.6 Å². The first-order valence-corrected chi connectivity index (χ1v) is 44.7. The van der Waals surface area contributed by atoms with Crippen LogP contribution in [0, 0.1) is 0 Å². The van der Waals surface area contributed by atoms with Gasteiger partial charge in [0.2, 0.25) is 0 Å². The van der Waals surface area contributed by atoms with Crippen LogP contribution in [0.1, 0.15) is 297 Å². The summed E-state index contributed by atoms with van der Waals surface area (Å²) in [4.78, 5) is 73.2. The zero-order chi connectivity index (χ0) is 80.3. The molecule has 0 saturated heterocycles. The number of phosphoric acid groups is 2. The zero-order valence-corrected chi connectivity index (χ0v) is 69.9. The van der Waals surface area contributed by atoms with Crippen LogP contribution in [-0.4, -0.2) is 96.7 Å². The van der Waals surface area contributed by atoms with Crippen LogP contribution in [0.25, 0.3) is 0 Å². The summed E-state index contributed by atoms with van der Waals surface area (Å²) in [7, 11) is -10.0. The van der Waals surface area contributed by atoms with Gasteiger partial charge in [-0.25, -0.2) is 9.13 Å². The molecule has 0 fully saturated rings. The van der Waals surface area contributed by atoms with Gasteiger partial charge in [0.25, 0.3) is 0 Å². The van der Waals surface area contributed by atoms with Gasteiger partial charge in [-0.1, -0.05) is 286 Å². The summed E-state index contributed by atoms with van der Waals surface area (Å²) in [6.07, 6.45) is 99.7. The fourth-order valence-electron chi connectivity index (χ4n) is 10.3. The van der Waals surface area contributed by atoms with E-state index in [0.717, 1.165) is 193 Å². The van der Waals surface area contributed by atoms with Gasteiger partial charge in [0.15, 0.2) is 12.2 Å². The molecule has 0 aliphatic heterocycles. The summed E-state index contributed by atoms with van der Waals surface area (Å²) in [5, 5.41) is 10.7. The first-order chi connectivity index (χ1) is 53.7. The molecule has 0 aliphatic rings. The van der Waals surface area contributed by atoms with Crippen molar-refractivity contribution in [2.75, 3.05) is 39.6 Å². The van der Waals surface area contributed by atoms with E-state index in [1.54, 1.807) is 0 Å². The average Bonchev–Trinajstić information content (AvgIpc) is 0.900. The second kappa shape index (κ2) is 80.9. The van der Waals surface area contributed by atoms with Gasteiger partial charge in [-0.05, 0) is 180 Å². The Morgan fingerprint density at radius 1 is 0.264 bits per heavy atom. The third kappa shape index (κ3) is 80.0. The highest BCUT2D eigenvalue weighted by atomic mass is 31.2. The van der Waals surface area contributed by atoms with Crippen molar-refractivity contribution in [3.63, 3.8) is 0 Å². The van der Waals surface area contributed by atoms with Gasteiger partial charge in [-0.3, -0.25) is 37.3 Å². The fraction of sp³-hybridized carbons (Fsp3) is 0.604. The lowest BCUT2D eigenvalue weighted by atomic mass is 10.1. The molecule has 0 spiro atoms. The number of hydrogen-bond donors (Lipinski definition) is 3. The quantitative estimate of drug-likeness (QED) is 0.0169. The summed E-state index contributed by atoms with van der Waals surface area (Å²) in [6, 6.07) is 0. The van der Waals surface area contributed by atoms with Gasteiger partial charge in [0.1, 0.15) is 19.3 Å². The van der Waals surface area contributed by atoms with Crippen LogP contribution in [0.15, 0.2) is 194 Å². The number of carbonyl (C=O) groups is 4. The number of aliphatic hydroxyl groups is 1. The summed E-state index contributed by atoms with van der Waals surface area (Å²) < 4.78 is 68.7. The maximum absolute atomic E-state index is 13.1. The number of esters is 4. The molecule has 3 N–H and O–H groups in total. The fourth-order valence-corrected chi connectivity index (χ4v) is 11.9. The highest BCUT2D eigenvalue weighted by Crippen LogP contribution is 2.45. The summed E-state index contributed by atoms with van der Waals surface area (Å²) in [5.74, 6) is -2.33. The van der Waals surface area contributed by atoms with E-state index >= 15 is 0 Å². The lowest BCUT2D eigenvalue weighted by molar-refractivity contribution is -0.161. The predicted molar refractivity (Wildman–Crippen MR) is 454 cm³/mol. The number of rotatable bonds is 76. The van der Waals surface area contributed by atoms with Crippen LogP contribution in [0.5, 0.6) is 0 Å². The van der Waals surface area contributed by atoms with Crippen molar-refractivity contribution in [2.45, 2.75) is 316 Å². The van der Waals surface area contributed by atoms with Crippen molar-refractivity contribution in [1.82, 2.24) is 0 Å². The maximum Gasteiger partial charge on any atom is 0.472 e. The summed E-state index contributed by atoms with van der Waals surface area (Å²) in [6.45, 7) is 4.36. The topological polar surface area (TPSA) is 237 Å². The van der Waals surface area contributed by atoms with Crippen molar-refractivity contribution in [1.29, 1.82) is 0 Å². The molecule has 0 aromatic rings. The molecule has 0 heterocycles. The molecule has 0 aromatic carbocycles. The number of ether oxygens (including phenoxy) is 4. The van der Waals surface area contributed by atoms with E-state index in [9.17, 15) is 43.2 Å². The highest BCUT2D eigenvalue weighted by Gasteiger charge is 2.30. The molecule has 0 rings (SSSR count). The maximum atomic E-state index is 13.1. The Bertz CT molecular complexity index is 2850. The molecule has 0 amide bonds. The molecule has 110 heavy (non-hydrogen) atoms. The van der Waals surface area contributed by atoms with E-state index < -0.39 is 97.5 Å². The summed E-state index contributed by atoms with van der Waals surface area (Å²) >= 11 is 0. The van der Waals surface area contributed by atoms with Gasteiger partial charge < -0.3 is 33.8 Å². The Hall–Kier alpha value is -6.10. The molecular weight excluding hydrogens is 1430 g/mol. The van der Waals surface area contributed by atoms with Crippen LogP contribution in [-0.2, 0) is 65.4 Å². The molecule has 5 unspecified atom stereocenters. The monoisotopic (exact) mass is 1570 g/mol. The van der Waals surface area contributed by atoms with Gasteiger partial charge in [0, 0.05) is 25.7 Å². The number of phosphoric ester groups is 2.